The lowest BCUT2D eigenvalue weighted by Crippen LogP contribution is -2.50. The number of nitrogens with one attached hydrogen (secondary N) is 1. The number of hydrogen-bond donors (Lipinski definition) is 3. The largest absolute Gasteiger partial charge is 0.491 e. The highest BCUT2D eigenvalue weighted by Gasteiger charge is 2.44. The van der Waals surface area contributed by atoms with Gasteiger partial charge in [-0.3, -0.25) is 9.59 Å². The molecule has 0 aliphatic carbocycles. The standard InChI is InChI=1S/C19H22N5O8PS/c1-19(34(2,30)31,18(26)22-32-33(27,28)29)8-12-23-11-7-15(13-17(23)25)14-3-5-16(6-4-14)24-20-9-10-21-24/h3-7,9-11,13H,8,12H2,1-2H3,(H,22,26)(H2,27,28,29)/t19-/m1/s1. The Morgan fingerprint density at radius 1 is 1.15 bits per heavy atom. The summed E-state index contributed by atoms with van der Waals surface area (Å²) >= 11 is 0. The minimum absolute atomic E-state index is 0.157. The maximum atomic E-state index is 12.6. The van der Waals surface area contributed by atoms with Crippen LogP contribution in [0.1, 0.15) is 13.3 Å². The average molecular weight is 511 g/mol. The maximum Gasteiger partial charge on any atom is 0.491 e. The van der Waals surface area contributed by atoms with Gasteiger partial charge < -0.3 is 14.4 Å². The molecule has 1 atom stereocenters. The number of aryl methyl sites for hydroxylation is 1. The van der Waals surface area contributed by atoms with E-state index in [0.29, 0.717) is 5.56 Å². The fourth-order valence-corrected chi connectivity index (χ4v) is 4.06. The molecule has 13 nitrogen and oxygen atoms in total. The number of rotatable bonds is 9. The van der Waals surface area contributed by atoms with Gasteiger partial charge in [-0.15, -0.1) is 0 Å². The number of carbonyl (C=O) groups excluding carboxylic acids is 1. The van der Waals surface area contributed by atoms with Crippen LogP contribution in [0.15, 0.2) is 59.8 Å². The molecule has 0 radical (unpaired) electrons. The zero-order chi connectivity index (χ0) is 25.1. The Labute approximate surface area is 194 Å². The quantitative estimate of drug-likeness (QED) is 0.269. The van der Waals surface area contributed by atoms with E-state index >= 15 is 0 Å². The van der Waals surface area contributed by atoms with Gasteiger partial charge in [-0.2, -0.15) is 19.6 Å². The number of phosphoric acid groups is 1. The first-order valence-electron chi connectivity index (χ1n) is 9.72. The third-order valence-corrected chi connectivity index (χ3v) is 7.59. The molecule has 3 N–H and O–H groups in total. The van der Waals surface area contributed by atoms with E-state index in [0.717, 1.165) is 24.4 Å². The molecular formula is C19H22N5O8PS. The third-order valence-electron chi connectivity index (χ3n) is 5.23. The van der Waals surface area contributed by atoms with E-state index in [4.69, 9.17) is 9.79 Å². The monoisotopic (exact) mass is 511 g/mol. The van der Waals surface area contributed by atoms with Crippen LogP contribution in [0, 0.1) is 0 Å². The van der Waals surface area contributed by atoms with E-state index in [1.807, 2.05) is 0 Å². The number of carbonyl (C=O) groups is 1. The summed E-state index contributed by atoms with van der Waals surface area (Å²) in [6.07, 6.45) is 5.02. The second-order valence-corrected chi connectivity index (χ2v) is 11.2. The van der Waals surface area contributed by atoms with Crippen molar-refractivity contribution in [1.82, 2.24) is 25.0 Å². The van der Waals surface area contributed by atoms with Crippen molar-refractivity contribution in [2.24, 2.45) is 0 Å². The maximum absolute atomic E-state index is 12.6. The minimum Gasteiger partial charge on any atom is -0.315 e. The van der Waals surface area contributed by atoms with Crippen LogP contribution in [-0.4, -0.2) is 54.7 Å². The van der Waals surface area contributed by atoms with Crippen molar-refractivity contribution in [2.45, 2.75) is 24.6 Å². The predicted octanol–water partition coefficient (Wildman–Crippen LogP) is 0.430. The van der Waals surface area contributed by atoms with Crippen LogP contribution in [0.25, 0.3) is 16.8 Å². The Kier molecular flexibility index (Phi) is 7.19. The van der Waals surface area contributed by atoms with Gasteiger partial charge in [0, 0.05) is 25.1 Å². The molecule has 0 saturated carbocycles. The number of aromatic nitrogens is 4. The molecular weight excluding hydrogens is 489 g/mol. The van der Waals surface area contributed by atoms with Crippen molar-refractivity contribution in [2.75, 3.05) is 6.26 Å². The zero-order valence-electron chi connectivity index (χ0n) is 18.1. The van der Waals surface area contributed by atoms with Gasteiger partial charge in [-0.25, -0.2) is 18.5 Å². The van der Waals surface area contributed by atoms with Gasteiger partial charge in [0.05, 0.1) is 18.1 Å². The molecule has 0 fully saturated rings. The van der Waals surface area contributed by atoms with Crippen molar-refractivity contribution < 1.29 is 32.2 Å². The number of pyridine rings is 1. The molecule has 1 aromatic carbocycles. The molecule has 1 amide bonds. The van der Waals surface area contributed by atoms with Crippen molar-refractivity contribution in [3.8, 4) is 16.8 Å². The molecule has 2 heterocycles. The van der Waals surface area contributed by atoms with Crippen LogP contribution in [0.5, 0.6) is 0 Å². The lowest BCUT2D eigenvalue weighted by atomic mass is 10.1. The molecule has 3 rings (SSSR count). The van der Waals surface area contributed by atoms with Crippen LogP contribution >= 0.6 is 7.82 Å². The molecule has 34 heavy (non-hydrogen) atoms. The summed E-state index contributed by atoms with van der Waals surface area (Å²) in [5.41, 5.74) is 3.18. The molecule has 0 aliphatic rings. The first-order valence-corrected chi connectivity index (χ1v) is 13.1. The van der Waals surface area contributed by atoms with Gasteiger partial charge in [0.25, 0.3) is 11.5 Å². The van der Waals surface area contributed by atoms with Crippen molar-refractivity contribution >= 4 is 23.6 Å². The van der Waals surface area contributed by atoms with E-state index in [2.05, 4.69) is 14.8 Å². The molecule has 0 unspecified atom stereocenters. The summed E-state index contributed by atoms with van der Waals surface area (Å²) in [7, 11) is -9.13. The molecule has 0 aliphatic heterocycles. The van der Waals surface area contributed by atoms with Crippen LogP contribution in [-0.2, 0) is 30.4 Å². The van der Waals surface area contributed by atoms with E-state index in [1.165, 1.54) is 27.1 Å². The van der Waals surface area contributed by atoms with Gasteiger partial charge >= 0.3 is 7.82 Å². The van der Waals surface area contributed by atoms with Gasteiger partial charge in [0.2, 0.25) is 0 Å². The molecule has 15 heteroatoms. The molecule has 3 aromatic rings. The molecule has 0 spiro atoms. The Balaban J connectivity index is 1.77. The third kappa shape index (κ3) is 5.85. The second-order valence-electron chi connectivity index (χ2n) is 7.58. The van der Waals surface area contributed by atoms with Crippen molar-refractivity contribution in [3.05, 3.63) is 65.3 Å². The number of amides is 1. The van der Waals surface area contributed by atoms with E-state index < -0.39 is 33.9 Å². The molecule has 0 saturated heterocycles. The second kappa shape index (κ2) is 9.60. The lowest BCUT2D eigenvalue weighted by molar-refractivity contribution is -0.131. The summed E-state index contributed by atoms with van der Waals surface area (Å²) in [6.45, 7) is 0.923. The zero-order valence-corrected chi connectivity index (χ0v) is 19.8. The lowest BCUT2D eigenvalue weighted by Gasteiger charge is -2.26. The SMILES string of the molecule is C[C@@](CCn1ccc(-c2ccc(-n3nccn3)cc2)cc1=O)(C(=O)NOP(=O)(O)O)S(C)(=O)=O. The van der Waals surface area contributed by atoms with E-state index in [1.54, 1.807) is 42.7 Å². The number of nitrogens with zero attached hydrogens (tertiary/aromatic N) is 4. The van der Waals surface area contributed by atoms with Crippen LogP contribution in [0.2, 0.25) is 0 Å². The van der Waals surface area contributed by atoms with Crippen LogP contribution in [0.3, 0.4) is 0 Å². The molecule has 2 aromatic heterocycles. The fraction of sp³-hybridized carbons (Fsp3) is 0.263. The Morgan fingerprint density at radius 3 is 2.29 bits per heavy atom. The Hall–Kier alpha value is -3.16. The number of sulfone groups is 1. The van der Waals surface area contributed by atoms with Gasteiger partial charge in [0.15, 0.2) is 14.6 Å². The van der Waals surface area contributed by atoms with Crippen LogP contribution < -0.4 is 11.0 Å². The summed E-state index contributed by atoms with van der Waals surface area (Å²) < 4.78 is 38.4. The Morgan fingerprint density at radius 2 is 1.76 bits per heavy atom. The average Bonchev–Trinajstić information content (AvgIpc) is 3.30. The smallest absolute Gasteiger partial charge is 0.315 e. The van der Waals surface area contributed by atoms with Gasteiger partial charge in [-0.05, 0) is 42.7 Å². The highest BCUT2D eigenvalue weighted by atomic mass is 32.2. The number of hydrogen-bond acceptors (Lipinski definition) is 8. The van der Waals surface area contributed by atoms with Crippen molar-refractivity contribution in [3.63, 3.8) is 0 Å². The molecule has 0 bridgehead atoms. The topological polar surface area (TPSA) is 183 Å². The normalized spacial score (nSPS) is 13.9. The number of benzene rings is 1. The summed E-state index contributed by atoms with van der Waals surface area (Å²) in [6, 6.07) is 10.2. The van der Waals surface area contributed by atoms with Crippen LogP contribution in [0.4, 0.5) is 0 Å². The highest BCUT2D eigenvalue weighted by molar-refractivity contribution is 7.92. The number of hydroxylamine groups is 1. The van der Waals surface area contributed by atoms with Crippen molar-refractivity contribution in [1.29, 1.82) is 0 Å². The summed E-state index contributed by atoms with van der Waals surface area (Å²) in [5.74, 6) is -1.27. The van der Waals surface area contributed by atoms with E-state index in [-0.39, 0.29) is 13.0 Å². The van der Waals surface area contributed by atoms with Gasteiger partial charge in [0.1, 0.15) is 0 Å². The minimum atomic E-state index is -5.07. The first kappa shape index (κ1) is 25.5. The fourth-order valence-electron chi connectivity index (χ4n) is 3.02. The first-order chi connectivity index (χ1) is 15.8. The van der Waals surface area contributed by atoms with E-state index in [9.17, 15) is 22.6 Å². The molecule has 182 valence electrons. The highest BCUT2D eigenvalue weighted by Crippen LogP contribution is 2.34. The predicted molar refractivity (Wildman–Crippen MR) is 120 cm³/mol. The summed E-state index contributed by atoms with van der Waals surface area (Å²) in [4.78, 5) is 43.9. The summed E-state index contributed by atoms with van der Waals surface area (Å²) in [5, 5.41) is 8.08. The van der Waals surface area contributed by atoms with Gasteiger partial charge in [-0.1, -0.05) is 12.1 Å². The Bertz CT molecular complexity index is 1380.